The molecular formula is C21H21FN2O3S. The van der Waals surface area contributed by atoms with Gasteiger partial charge in [-0.2, -0.15) is 0 Å². The number of benzene rings is 2. The molecule has 0 saturated carbocycles. The molecule has 1 aromatic heterocycles. The fourth-order valence-corrected chi connectivity index (χ4v) is 4.32. The van der Waals surface area contributed by atoms with E-state index < -0.39 is 0 Å². The van der Waals surface area contributed by atoms with Crippen molar-refractivity contribution in [1.82, 2.24) is 4.98 Å². The molecule has 4 rings (SSSR count). The molecule has 1 atom stereocenters. The van der Waals surface area contributed by atoms with Crippen LogP contribution in [0.1, 0.15) is 18.4 Å². The summed E-state index contributed by atoms with van der Waals surface area (Å²) in [6.07, 6.45) is 2.11. The SMILES string of the molecule is COc1ccc(CC(=O)N(C[C@H]2CCCO2)c2nc3c(F)cccc3s2)cc1. The summed E-state index contributed by atoms with van der Waals surface area (Å²) >= 11 is 1.33. The maximum absolute atomic E-state index is 14.1. The smallest absolute Gasteiger partial charge is 0.233 e. The predicted octanol–water partition coefficient (Wildman–Crippen LogP) is 4.20. The Balaban J connectivity index is 1.61. The highest BCUT2D eigenvalue weighted by molar-refractivity contribution is 7.22. The monoisotopic (exact) mass is 400 g/mol. The Hall–Kier alpha value is -2.51. The summed E-state index contributed by atoms with van der Waals surface area (Å²) in [5.41, 5.74) is 1.19. The van der Waals surface area contributed by atoms with Crippen molar-refractivity contribution in [3.63, 3.8) is 0 Å². The van der Waals surface area contributed by atoms with Gasteiger partial charge in [0.15, 0.2) is 5.13 Å². The average Bonchev–Trinajstić information content (AvgIpc) is 3.37. The van der Waals surface area contributed by atoms with Crippen molar-refractivity contribution in [2.75, 3.05) is 25.2 Å². The van der Waals surface area contributed by atoms with Gasteiger partial charge in [-0.1, -0.05) is 29.5 Å². The van der Waals surface area contributed by atoms with Crippen LogP contribution in [0.3, 0.4) is 0 Å². The van der Waals surface area contributed by atoms with Crippen molar-refractivity contribution in [2.45, 2.75) is 25.4 Å². The van der Waals surface area contributed by atoms with Gasteiger partial charge < -0.3 is 9.47 Å². The Morgan fingerprint density at radius 1 is 1.32 bits per heavy atom. The standard InChI is InChI=1S/C21H21FN2O3S/c1-26-15-9-7-14(8-10-15)12-19(25)24(13-16-4-3-11-27-16)21-23-20-17(22)5-2-6-18(20)28-21/h2,5-10,16H,3-4,11-13H2,1H3/t16-/m1/s1. The van der Waals surface area contributed by atoms with Gasteiger partial charge in [0.1, 0.15) is 17.1 Å². The minimum absolute atomic E-state index is 0.0170. The van der Waals surface area contributed by atoms with Crippen molar-refractivity contribution in [2.24, 2.45) is 0 Å². The molecule has 5 nitrogen and oxygen atoms in total. The number of halogens is 1. The minimum Gasteiger partial charge on any atom is -0.497 e. The van der Waals surface area contributed by atoms with Crippen molar-refractivity contribution in [1.29, 1.82) is 0 Å². The van der Waals surface area contributed by atoms with Crippen molar-refractivity contribution in [3.05, 3.63) is 53.8 Å². The number of carbonyl (C=O) groups is 1. The van der Waals surface area contributed by atoms with Gasteiger partial charge in [-0.05, 0) is 42.7 Å². The number of fused-ring (bicyclic) bond motifs is 1. The summed E-state index contributed by atoms with van der Waals surface area (Å²) in [6.45, 7) is 1.13. The van der Waals surface area contributed by atoms with E-state index in [9.17, 15) is 9.18 Å². The van der Waals surface area contributed by atoms with Crippen LogP contribution in [0.4, 0.5) is 9.52 Å². The highest BCUT2D eigenvalue weighted by Crippen LogP contribution is 2.31. The molecule has 0 unspecified atom stereocenters. The van der Waals surface area contributed by atoms with Crippen molar-refractivity contribution < 1.29 is 18.7 Å². The number of hydrogen-bond donors (Lipinski definition) is 0. The third-order valence-corrected chi connectivity index (χ3v) is 5.86. The molecule has 1 aliphatic heterocycles. The lowest BCUT2D eigenvalue weighted by atomic mass is 10.1. The molecule has 1 saturated heterocycles. The zero-order valence-electron chi connectivity index (χ0n) is 15.6. The van der Waals surface area contributed by atoms with Gasteiger partial charge in [0.05, 0.1) is 30.9 Å². The zero-order chi connectivity index (χ0) is 19.5. The van der Waals surface area contributed by atoms with Crippen LogP contribution in [0.2, 0.25) is 0 Å². The number of nitrogens with zero attached hydrogens (tertiary/aromatic N) is 2. The van der Waals surface area contributed by atoms with E-state index in [0.717, 1.165) is 28.9 Å². The number of amides is 1. The topological polar surface area (TPSA) is 51.7 Å². The van der Waals surface area contributed by atoms with Crippen molar-refractivity contribution >= 4 is 32.6 Å². The fraction of sp³-hybridized carbons (Fsp3) is 0.333. The van der Waals surface area contributed by atoms with Gasteiger partial charge in [-0.3, -0.25) is 9.69 Å². The van der Waals surface area contributed by atoms with Crippen molar-refractivity contribution in [3.8, 4) is 5.75 Å². The van der Waals surface area contributed by atoms with Crippen LogP contribution in [0.5, 0.6) is 5.75 Å². The first-order valence-corrected chi connectivity index (χ1v) is 10.1. The lowest BCUT2D eigenvalue weighted by Crippen LogP contribution is -2.38. The van der Waals surface area contributed by atoms with Gasteiger partial charge in [0.2, 0.25) is 5.91 Å². The first-order valence-electron chi connectivity index (χ1n) is 9.24. The molecule has 7 heteroatoms. The van der Waals surface area contributed by atoms with E-state index in [1.54, 1.807) is 18.1 Å². The van der Waals surface area contributed by atoms with Crippen LogP contribution in [0, 0.1) is 5.82 Å². The Labute approximate surface area is 166 Å². The molecule has 1 fully saturated rings. The molecule has 0 radical (unpaired) electrons. The summed E-state index contributed by atoms with van der Waals surface area (Å²) in [5, 5.41) is 0.508. The average molecular weight is 400 g/mol. The largest absolute Gasteiger partial charge is 0.497 e. The van der Waals surface area contributed by atoms with E-state index >= 15 is 0 Å². The number of rotatable bonds is 6. The van der Waals surface area contributed by atoms with Crippen LogP contribution in [0.25, 0.3) is 10.2 Å². The molecule has 28 heavy (non-hydrogen) atoms. The Morgan fingerprint density at radius 2 is 2.14 bits per heavy atom. The number of methoxy groups -OCH3 is 1. The maximum atomic E-state index is 14.1. The summed E-state index contributed by atoms with van der Waals surface area (Å²) in [5.74, 6) is 0.286. The molecule has 2 aromatic carbocycles. The summed E-state index contributed by atoms with van der Waals surface area (Å²) in [6, 6.07) is 12.3. The second kappa shape index (κ2) is 8.24. The van der Waals surface area contributed by atoms with Crippen LogP contribution in [-0.4, -0.2) is 37.3 Å². The molecule has 0 aliphatic carbocycles. The van der Waals surface area contributed by atoms with E-state index in [2.05, 4.69) is 4.98 Å². The highest BCUT2D eigenvalue weighted by atomic mass is 32.1. The Kier molecular flexibility index (Phi) is 5.54. The minimum atomic E-state index is -0.375. The number of aromatic nitrogens is 1. The van der Waals surface area contributed by atoms with E-state index in [-0.39, 0.29) is 24.2 Å². The molecule has 0 bridgehead atoms. The lowest BCUT2D eigenvalue weighted by molar-refractivity contribution is -0.118. The van der Waals surface area contributed by atoms with Gasteiger partial charge >= 0.3 is 0 Å². The zero-order valence-corrected chi connectivity index (χ0v) is 16.4. The third-order valence-electron chi connectivity index (χ3n) is 4.82. The fourth-order valence-electron chi connectivity index (χ4n) is 3.31. The number of carbonyl (C=O) groups excluding carboxylic acids is 1. The Bertz CT molecular complexity index is 967. The molecule has 0 N–H and O–H groups in total. The number of ether oxygens (including phenoxy) is 2. The van der Waals surface area contributed by atoms with Gasteiger partial charge in [0.25, 0.3) is 0 Å². The lowest BCUT2D eigenvalue weighted by Gasteiger charge is -2.23. The summed E-state index contributed by atoms with van der Waals surface area (Å²) in [7, 11) is 1.61. The second-order valence-corrected chi connectivity index (χ2v) is 7.76. The van der Waals surface area contributed by atoms with E-state index in [0.29, 0.717) is 23.8 Å². The van der Waals surface area contributed by atoms with E-state index in [1.807, 2.05) is 30.3 Å². The van der Waals surface area contributed by atoms with Crippen LogP contribution < -0.4 is 9.64 Å². The molecule has 2 heterocycles. The number of hydrogen-bond acceptors (Lipinski definition) is 5. The molecule has 3 aromatic rings. The van der Waals surface area contributed by atoms with Crippen LogP contribution in [0.15, 0.2) is 42.5 Å². The molecule has 146 valence electrons. The molecular weight excluding hydrogens is 379 g/mol. The predicted molar refractivity (Wildman–Crippen MR) is 108 cm³/mol. The maximum Gasteiger partial charge on any atom is 0.233 e. The van der Waals surface area contributed by atoms with Gasteiger partial charge in [-0.25, -0.2) is 9.37 Å². The highest BCUT2D eigenvalue weighted by Gasteiger charge is 2.26. The van der Waals surface area contributed by atoms with Gasteiger partial charge in [0, 0.05) is 6.61 Å². The normalized spacial score (nSPS) is 16.4. The molecule has 1 aliphatic rings. The molecule has 1 amide bonds. The number of thiazole rings is 1. The number of anilines is 1. The molecule has 0 spiro atoms. The quantitative estimate of drug-likeness (QED) is 0.622. The van der Waals surface area contributed by atoms with E-state index in [1.165, 1.54) is 17.4 Å². The second-order valence-electron chi connectivity index (χ2n) is 6.75. The third kappa shape index (κ3) is 4.00. The first-order chi connectivity index (χ1) is 13.6. The van der Waals surface area contributed by atoms with E-state index in [4.69, 9.17) is 9.47 Å². The number of para-hydroxylation sites is 1. The summed E-state index contributed by atoms with van der Waals surface area (Å²) < 4.78 is 25.7. The van der Waals surface area contributed by atoms with Crippen LogP contribution in [-0.2, 0) is 16.0 Å². The first kappa shape index (κ1) is 18.8. The van der Waals surface area contributed by atoms with Crippen LogP contribution >= 0.6 is 11.3 Å². The van der Waals surface area contributed by atoms with Gasteiger partial charge in [-0.15, -0.1) is 0 Å². The summed E-state index contributed by atoms with van der Waals surface area (Å²) in [4.78, 5) is 19.2. The Morgan fingerprint density at radius 3 is 2.82 bits per heavy atom.